The van der Waals surface area contributed by atoms with E-state index in [0.717, 1.165) is 39.5 Å². The SMILES string of the molecule is C[Si](C)(C)[C]1([Ge]23[O]CCN(CC[O]2)CC[O]3)CC1. The number of hydrogen-bond donors (Lipinski definition) is 0. The molecule has 0 spiro atoms. The van der Waals surface area contributed by atoms with Crippen LogP contribution in [-0.4, -0.2) is 66.7 Å². The van der Waals surface area contributed by atoms with E-state index in [-0.39, 0.29) is 0 Å². The second-order valence-electron chi connectivity index (χ2n) is 6.78. The molecule has 4 fully saturated rings. The van der Waals surface area contributed by atoms with Gasteiger partial charge in [-0.1, -0.05) is 0 Å². The Hall–Kier alpha value is 0.600. The molecule has 1 saturated carbocycles. The first-order valence-corrected chi connectivity index (χ1v) is 14.3. The molecule has 104 valence electrons. The van der Waals surface area contributed by atoms with Gasteiger partial charge in [-0.2, -0.15) is 0 Å². The third kappa shape index (κ3) is 2.03. The molecule has 4 nitrogen and oxygen atoms in total. The minimum atomic E-state index is -3.04. The van der Waals surface area contributed by atoms with Gasteiger partial charge in [0.1, 0.15) is 0 Å². The summed E-state index contributed by atoms with van der Waals surface area (Å²) in [5.74, 6) is 0. The van der Waals surface area contributed by atoms with Crippen LogP contribution in [0.15, 0.2) is 0 Å². The van der Waals surface area contributed by atoms with Crippen molar-refractivity contribution in [3.05, 3.63) is 0 Å². The van der Waals surface area contributed by atoms with E-state index in [0.29, 0.717) is 3.87 Å². The fraction of sp³-hybridized carbons (Fsp3) is 1.00. The fourth-order valence-electron chi connectivity index (χ4n) is 3.44. The molecule has 3 heterocycles. The summed E-state index contributed by atoms with van der Waals surface area (Å²) in [5.41, 5.74) is 0. The summed E-state index contributed by atoms with van der Waals surface area (Å²) in [6.45, 7) is 13.0. The molecule has 3 saturated heterocycles. The Morgan fingerprint density at radius 2 is 1.33 bits per heavy atom. The normalized spacial score (nSPS) is 39.8. The Bertz CT molecular complexity index is 303. The molecule has 0 atom stereocenters. The van der Waals surface area contributed by atoms with Gasteiger partial charge in [0, 0.05) is 0 Å². The topological polar surface area (TPSA) is 30.9 Å². The molecule has 6 heteroatoms. The van der Waals surface area contributed by atoms with Gasteiger partial charge in [-0.15, -0.1) is 0 Å². The fourth-order valence-corrected chi connectivity index (χ4v) is 19.0. The number of fused-ring (bicyclic) bond motifs is 6. The van der Waals surface area contributed by atoms with E-state index in [1.807, 2.05) is 0 Å². The predicted octanol–water partition coefficient (Wildman–Crippen LogP) is 1.72. The summed E-state index contributed by atoms with van der Waals surface area (Å²) < 4.78 is 19.3. The van der Waals surface area contributed by atoms with Crippen LogP contribution in [0.25, 0.3) is 0 Å². The van der Waals surface area contributed by atoms with Crippen LogP contribution in [0, 0.1) is 0 Å². The standard InChI is InChI=1S/C12H25GeNO3Si/c1-18(2,3)12(4-5-12)13-15-9-6-14(7-10-16-13)8-11-17-13/h4-11H2,1-3H3. The maximum atomic E-state index is 6.33. The van der Waals surface area contributed by atoms with Crippen molar-refractivity contribution in [3.8, 4) is 0 Å². The van der Waals surface area contributed by atoms with Crippen molar-refractivity contribution in [2.75, 3.05) is 39.5 Å². The third-order valence-corrected chi connectivity index (χ3v) is 21.7. The van der Waals surface area contributed by atoms with Crippen LogP contribution in [0.1, 0.15) is 12.8 Å². The molecule has 0 N–H and O–H groups in total. The Morgan fingerprint density at radius 3 is 1.67 bits per heavy atom. The quantitative estimate of drug-likeness (QED) is 0.721. The Labute approximate surface area is 114 Å². The minimum absolute atomic E-state index is 0.354. The summed E-state index contributed by atoms with van der Waals surface area (Å²) in [5, 5.41) is 0. The molecule has 18 heavy (non-hydrogen) atoms. The van der Waals surface area contributed by atoms with Gasteiger partial charge in [-0.3, -0.25) is 0 Å². The zero-order chi connectivity index (χ0) is 12.9. The van der Waals surface area contributed by atoms with Crippen molar-refractivity contribution in [1.82, 2.24) is 4.90 Å². The van der Waals surface area contributed by atoms with Crippen molar-refractivity contribution in [1.29, 1.82) is 0 Å². The van der Waals surface area contributed by atoms with Gasteiger partial charge >= 0.3 is 114 Å². The average molecular weight is 332 g/mol. The van der Waals surface area contributed by atoms with Crippen LogP contribution in [0.2, 0.25) is 23.5 Å². The zero-order valence-electron chi connectivity index (χ0n) is 11.8. The number of hydrogen-bond acceptors (Lipinski definition) is 4. The molecular formula is C12H25GeNO3Si. The Kier molecular flexibility index (Phi) is 3.44. The van der Waals surface area contributed by atoms with Gasteiger partial charge in [0.25, 0.3) is 0 Å². The van der Waals surface area contributed by atoms with Gasteiger partial charge in [0.15, 0.2) is 0 Å². The van der Waals surface area contributed by atoms with Crippen LogP contribution in [0.5, 0.6) is 0 Å². The Morgan fingerprint density at radius 1 is 0.889 bits per heavy atom. The molecule has 0 aromatic carbocycles. The van der Waals surface area contributed by atoms with E-state index in [4.69, 9.17) is 11.3 Å². The van der Waals surface area contributed by atoms with Gasteiger partial charge in [0.2, 0.25) is 0 Å². The van der Waals surface area contributed by atoms with Crippen molar-refractivity contribution >= 4 is 22.3 Å². The monoisotopic (exact) mass is 333 g/mol. The van der Waals surface area contributed by atoms with E-state index in [1.54, 1.807) is 0 Å². The van der Waals surface area contributed by atoms with Crippen LogP contribution in [0.4, 0.5) is 0 Å². The molecule has 4 rings (SSSR count). The zero-order valence-corrected chi connectivity index (χ0v) is 14.9. The molecule has 0 aromatic heterocycles. The van der Waals surface area contributed by atoms with Crippen molar-refractivity contribution in [3.63, 3.8) is 0 Å². The van der Waals surface area contributed by atoms with Crippen molar-refractivity contribution in [2.45, 2.75) is 36.4 Å². The van der Waals surface area contributed by atoms with Gasteiger partial charge in [-0.05, 0) is 0 Å². The van der Waals surface area contributed by atoms with E-state index < -0.39 is 22.3 Å². The molecule has 0 radical (unpaired) electrons. The van der Waals surface area contributed by atoms with Crippen molar-refractivity contribution in [2.24, 2.45) is 0 Å². The number of nitrogens with zero attached hydrogens (tertiary/aromatic N) is 1. The van der Waals surface area contributed by atoms with Gasteiger partial charge in [-0.25, -0.2) is 0 Å². The Balaban J connectivity index is 1.91. The number of rotatable bonds is 2. The van der Waals surface area contributed by atoms with E-state index in [2.05, 4.69) is 24.5 Å². The molecule has 4 aliphatic rings. The van der Waals surface area contributed by atoms with Crippen LogP contribution in [0.3, 0.4) is 0 Å². The van der Waals surface area contributed by atoms with E-state index in [9.17, 15) is 0 Å². The first-order chi connectivity index (χ1) is 8.49. The van der Waals surface area contributed by atoms with E-state index in [1.165, 1.54) is 12.8 Å². The predicted molar refractivity (Wildman–Crippen MR) is 75.3 cm³/mol. The van der Waals surface area contributed by atoms with Crippen LogP contribution < -0.4 is 0 Å². The molecule has 1 aliphatic carbocycles. The summed E-state index contributed by atoms with van der Waals surface area (Å²) in [6.07, 6.45) is 2.57. The first-order valence-electron chi connectivity index (χ1n) is 7.13. The summed E-state index contributed by atoms with van der Waals surface area (Å²) in [4.78, 5) is 2.39. The van der Waals surface area contributed by atoms with Gasteiger partial charge in [0.05, 0.1) is 0 Å². The molecule has 0 unspecified atom stereocenters. The van der Waals surface area contributed by atoms with Crippen molar-refractivity contribution < 1.29 is 11.3 Å². The van der Waals surface area contributed by atoms with E-state index >= 15 is 0 Å². The molecule has 0 amide bonds. The van der Waals surface area contributed by atoms with Crippen LogP contribution in [-0.2, 0) is 11.3 Å². The molecule has 3 aliphatic heterocycles. The summed E-state index contributed by atoms with van der Waals surface area (Å²) in [6, 6.07) is 0. The second kappa shape index (κ2) is 4.56. The van der Waals surface area contributed by atoms with Crippen LogP contribution >= 0.6 is 0 Å². The van der Waals surface area contributed by atoms with Gasteiger partial charge < -0.3 is 0 Å². The third-order valence-electron chi connectivity index (χ3n) is 4.87. The molecule has 0 aromatic rings. The molecule has 2 bridgehead atoms. The molecular weight excluding hydrogens is 307 g/mol. The average Bonchev–Trinajstić information content (AvgIpc) is 2.94. The summed E-state index contributed by atoms with van der Waals surface area (Å²) >= 11 is -3.04. The first kappa shape index (κ1) is 13.6. The second-order valence-corrected chi connectivity index (χ2v) is 19.4. The summed E-state index contributed by atoms with van der Waals surface area (Å²) in [7, 11) is -1.30. The maximum absolute atomic E-state index is 6.33.